The molecule has 1 saturated heterocycles. The largest absolute Gasteiger partial charge is 0.507 e. The van der Waals surface area contributed by atoms with Gasteiger partial charge in [-0.1, -0.05) is 11.6 Å². The number of amides is 1. The van der Waals surface area contributed by atoms with Gasteiger partial charge in [0.1, 0.15) is 11.5 Å². The van der Waals surface area contributed by atoms with Gasteiger partial charge in [0.15, 0.2) is 0 Å². The van der Waals surface area contributed by atoms with Crippen LogP contribution in [0, 0.1) is 13.8 Å². The number of aliphatic hydroxyl groups is 1. The number of hydrogen-bond donors (Lipinski definition) is 1. The van der Waals surface area contributed by atoms with Crippen molar-refractivity contribution in [3.63, 3.8) is 0 Å². The zero-order valence-electron chi connectivity index (χ0n) is 19.4. The molecule has 7 heteroatoms. The van der Waals surface area contributed by atoms with Crippen LogP contribution in [0.1, 0.15) is 42.1 Å². The molecule has 6 nitrogen and oxygen atoms in total. The molecule has 0 aliphatic carbocycles. The number of aryl methyl sites for hydroxylation is 2. The molecular weight excluding hydrogens is 452 g/mol. The lowest BCUT2D eigenvalue weighted by Crippen LogP contribution is -2.30. The van der Waals surface area contributed by atoms with Crippen LogP contribution in [0.4, 0.5) is 5.69 Å². The first-order chi connectivity index (χ1) is 16.2. The molecule has 174 valence electrons. The number of halogens is 1. The van der Waals surface area contributed by atoms with Gasteiger partial charge in [-0.15, -0.1) is 0 Å². The maximum absolute atomic E-state index is 13.3. The topological polar surface area (TPSA) is 79.7 Å². The number of carbonyl (C=O) groups excluding carboxylic acids is 2. The van der Waals surface area contributed by atoms with Crippen LogP contribution in [0.25, 0.3) is 5.76 Å². The van der Waals surface area contributed by atoms with E-state index in [2.05, 4.69) is 4.98 Å². The third-order valence-electron chi connectivity index (χ3n) is 5.70. The first-order valence-corrected chi connectivity index (χ1v) is 11.3. The molecule has 1 aliphatic rings. The van der Waals surface area contributed by atoms with E-state index in [-0.39, 0.29) is 17.4 Å². The molecule has 0 bridgehead atoms. The highest BCUT2D eigenvalue weighted by Crippen LogP contribution is 2.43. The lowest BCUT2D eigenvalue weighted by molar-refractivity contribution is -0.132. The van der Waals surface area contributed by atoms with Crippen molar-refractivity contribution in [2.24, 2.45) is 0 Å². The summed E-state index contributed by atoms with van der Waals surface area (Å²) < 4.78 is 5.79. The number of benzene rings is 2. The van der Waals surface area contributed by atoms with Gasteiger partial charge < -0.3 is 9.84 Å². The Hall–Kier alpha value is -3.64. The number of rotatable bonds is 5. The van der Waals surface area contributed by atoms with Crippen molar-refractivity contribution < 1.29 is 19.4 Å². The van der Waals surface area contributed by atoms with Gasteiger partial charge in [-0.25, -0.2) is 0 Å². The predicted octanol–water partition coefficient (Wildman–Crippen LogP) is 5.77. The maximum Gasteiger partial charge on any atom is 0.300 e. The normalized spacial score (nSPS) is 17.5. The maximum atomic E-state index is 13.3. The summed E-state index contributed by atoms with van der Waals surface area (Å²) in [5.74, 6) is -1.03. The lowest BCUT2D eigenvalue weighted by atomic mass is 9.95. The quantitative estimate of drug-likeness (QED) is 0.287. The van der Waals surface area contributed by atoms with Crippen LogP contribution in [-0.2, 0) is 9.59 Å². The second-order valence-corrected chi connectivity index (χ2v) is 8.96. The average Bonchev–Trinajstić information content (AvgIpc) is 3.05. The van der Waals surface area contributed by atoms with Crippen LogP contribution >= 0.6 is 11.6 Å². The molecule has 1 amide bonds. The molecule has 0 radical (unpaired) electrons. The van der Waals surface area contributed by atoms with Crippen LogP contribution in [0.2, 0.25) is 5.02 Å². The third kappa shape index (κ3) is 4.29. The first kappa shape index (κ1) is 23.5. The van der Waals surface area contributed by atoms with Crippen LogP contribution in [0.15, 0.2) is 66.5 Å². The molecule has 2 aromatic carbocycles. The van der Waals surface area contributed by atoms with Crippen LogP contribution in [-0.4, -0.2) is 27.9 Å². The highest BCUT2D eigenvalue weighted by molar-refractivity contribution is 6.51. The molecule has 3 aromatic rings. The third-order valence-corrected chi connectivity index (χ3v) is 5.93. The standard InChI is InChI=1S/C27H25ClN2O4/c1-15(2)34-22-8-5-19(13-17(22)4)25(31)23-24(18-9-11-29-12-10-18)30(27(33)26(23)32)21-7-6-20(28)14-16(21)3/h5-15,24,31H,1-4H3/b25-23+. The first-order valence-electron chi connectivity index (χ1n) is 10.9. The van der Waals surface area contributed by atoms with Gasteiger partial charge in [-0.2, -0.15) is 0 Å². The summed E-state index contributed by atoms with van der Waals surface area (Å²) >= 11 is 6.12. The van der Waals surface area contributed by atoms with E-state index in [1.165, 1.54) is 4.90 Å². The smallest absolute Gasteiger partial charge is 0.300 e. The molecule has 34 heavy (non-hydrogen) atoms. The number of Topliss-reactive ketones (excluding diaryl/α,β-unsaturated/α-hetero) is 1. The van der Waals surface area contributed by atoms with Gasteiger partial charge in [-0.3, -0.25) is 19.5 Å². The number of nitrogens with zero attached hydrogens (tertiary/aromatic N) is 2. The van der Waals surface area contributed by atoms with E-state index < -0.39 is 17.7 Å². The van der Waals surface area contributed by atoms with E-state index in [9.17, 15) is 14.7 Å². The molecule has 1 aliphatic heterocycles. The summed E-state index contributed by atoms with van der Waals surface area (Å²) in [7, 11) is 0. The van der Waals surface area contributed by atoms with E-state index in [1.807, 2.05) is 27.7 Å². The molecule has 0 spiro atoms. The fraction of sp³-hybridized carbons (Fsp3) is 0.222. The minimum absolute atomic E-state index is 0.00206. The number of aliphatic hydroxyl groups excluding tert-OH is 1. The van der Waals surface area contributed by atoms with Gasteiger partial charge in [0.05, 0.1) is 17.7 Å². The minimum Gasteiger partial charge on any atom is -0.507 e. The average molecular weight is 477 g/mol. The summed E-state index contributed by atoms with van der Waals surface area (Å²) in [5, 5.41) is 11.8. The number of anilines is 1. The van der Waals surface area contributed by atoms with Gasteiger partial charge >= 0.3 is 0 Å². The molecule has 1 aromatic heterocycles. The van der Waals surface area contributed by atoms with E-state index in [0.29, 0.717) is 27.6 Å². The fourth-order valence-electron chi connectivity index (χ4n) is 4.17. The Labute approximate surface area is 203 Å². The molecule has 1 unspecified atom stereocenters. The summed E-state index contributed by atoms with van der Waals surface area (Å²) in [4.78, 5) is 32.0. The Balaban J connectivity index is 1.90. The number of aromatic nitrogens is 1. The zero-order valence-corrected chi connectivity index (χ0v) is 20.1. The monoisotopic (exact) mass is 476 g/mol. The van der Waals surface area contributed by atoms with Crippen molar-refractivity contribution in [3.05, 3.63) is 93.8 Å². The lowest BCUT2D eigenvalue weighted by Gasteiger charge is -2.26. The number of ether oxygens (including phenoxy) is 1. The molecule has 1 N–H and O–H groups in total. The SMILES string of the molecule is Cc1cc(/C(O)=C2\C(=O)C(=O)N(c3ccc(Cl)cc3C)C2c2ccncc2)ccc1OC(C)C. The van der Waals surface area contributed by atoms with Crippen LogP contribution in [0.3, 0.4) is 0 Å². The summed E-state index contributed by atoms with van der Waals surface area (Å²) in [6.07, 6.45) is 3.18. The molecule has 1 fully saturated rings. The molecule has 4 rings (SSSR count). The van der Waals surface area contributed by atoms with Crippen molar-refractivity contribution >= 4 is 34.7 Å². The molecule has 0 saturated carbocycles. The van der Waals surface area contributed by atoms with E-state index >= 15 is 0 Å². The van der Waals surface area contributed by atoms with E-state index in [0.717, 1.165) is 11.1 Å². The predicted molar refractivity (Wildman–Crippen MR) is 132 cm³/mol. The summed E-state index contributed by atoms with van der Waals surface area (Å²) in [5.41, 5.74) is 3.19. The zero-order chi connectivity index (χ0) is 24.6. The van der Waals surface area contributed by atoms with Gasteiger partial charge in [-0.05, 0) is 92.9 Å². The van der Waals surface area contributed by atoms with Gasteiger partial charge in [0.25, 0.3) is 11.7 Å². The molecule has 1 atom stereocenters. The van der Waals surface area contributed by atoms with Gasteiger partial charge in [0.2, 0.25) is 0 Å². The van der Waals surface area contributed by atoms with Crippen molar-refractivity contribution in [2.45, 2.75) is 39.8 Å². The highest BCUT2D eigenvalue weighted by Gasteiger charge is 2.47. The van der Waals surface area contributed by atoms with Gasteiger partial charge in [0, 0.05) is 28.7 Å². The van der Waals surface area contributed by atoms with Crippen LogP contribution in [0.5, 0.6) is 5.75 Å². The number of ketones is 1. The highest BCUT2D eigenvalue weighted by atomic mass is 35.5. The van der Waals surface area contributed by atoms with Crippen molar-refractivity contribution in [1.82, 2.24) is 4.98 Å². The number of pyridine rings is 1. The van der Waals surface area contributed by atoms with Crippen molar-refractivity contribution in [1.29, 1.82) is 0 Å². The van der Waals surface area contributed by atoms with Crippen molar-refractivity contribution in [2.75, 3.05) is 4.90 Å². The Kier molecular flexibility index (Phi) is 6.44. The molecule has 2 heterocycles. The summed E-state index contributed by atoms with van der Waals surface area (Å²) in [6, 6.07) is 12.9. The Morgan fingerprint density at radius 2 is 1.74 bits per heavy atom. The second-order valence-electron chi connectivity index (χ2n) is 8.53. The van der Waals surface area contributed by atoms with E-state index in [1.54, 1.807) is 60.9 Å². The second kappa shape index (κ2) is 9.31. The van der Waals surface area contributed by atoms with Crippen molar-refractivity contribution in [3.8, 4) is 5.75 Å². The number of hydrogen-bond acceptors (Lipinski definition) is 5. The Morgan fingerprint density at radius 1 is 1.03 bits per heavy atom. The fourth-order valence-corrected chi connectivity index (χ4v) is 4.40. The van der Waals surface area contributed by atoms with E-state index in [4.69, 9.17) is 16.3 Å². The minimum atomic E-state index is -0.824. The van der Waals surface area contributed by atoms with Crippen LogP contribution < -0.4 is 9.64 Å². The number of carbonyl (C=O) groups is 2. The Bertz CT molecular complexity index is 1300. The summed E-state index contributed by atoms with van der Waals surface area (Å²) in [6.45, 7) is 7.55. The Morgan fingerprint density at radius 3 is 2.35 bits per heavy atom. The molecular formula is C27H25ClN2O4.